The van der Waals surface area contributed by atoms with Crippen LogP contribution >= 0.6 is 11.8 Å². The zero-order chi connectivity index (χ0) is 11.6. The molecule has 2 N–H and O–H groups in total. The third kappa shape index (κ3) is 2.88. The van der Waals surface area contributed by atoms with Crippen LogP contribution in [-0.2, 0) is 4.74 Å². The average molecular weight is 227 g/mol. The first-order valence-corrected chi connectivity index (χ1v) is 5.33. The summed E-state index contributed by atoms with van der Waals surface area (Å²) in [5, 5.41) is 10.3. The minimum Gasteiger partial charge on any atom is -0.443 e. The molecular formula is C9H13N3O2S. The van der Waals surface area contributed by atoms with E-state index in [0.29, 0.717) is 0 Å². The second kappa shape index (κ2) is 4.13. The molecule has 0 fully saturated rings. The van der Waals surface area contributed by atoms with Crippen LogP contribution in [0.2, 0.25) is 0 Å². The van der Waals surface area contributed by atoms with Crippen LogP contribution in [0.25, 0.3) is 0 Å². The molecule has 15 heavy (non-hydrogen) atoms. The number of hydrogen-bond acceptors (Lipinski definition) is 5. The van der Waals surface area contributed by atoms with Gasteiger partial charge in [0, 0.05) is 5.41 Å². The third-order valence-corrected chi connectivity index (χ3v) is 2.39. The molecule has 1 amide bonds. The molecule has 1 rings (SSSR count). The maximum atomic E-state index is 11.7. The van der Waals surface area contributed by atoms with Gasteiger partial charge in [-0.1, -0.05) is 11.8 Å². The van der Waals surface area contributed by atoms with Gasteiger partial charge in [-0.2, -0.15) is 5.26 Å². The van der Waals surface area contributed by atoms with Gasteiger partial charge in [0.15, 0.2) is 0 Å². The van der Waals surface area contributed by atoms with Gasteiger partial charge in [0.25, 0.3) is 0 Å². The van der Waals surface area contributed by atoms with Gasteiger partial charge in [0.2, 0.25) is 0 Å². The molecule has 5 nitrogen and oxygen atoms in total. The molecule has 0 saturated heterocycles. The Labute approximate surface area is 92.9 Å². The second-order valence-electron chi connectivity index (χ2n) is 3.99. The summed E-state index contributed by atoms with van der Waals surface area (Å²) in [5.74, 6) is 0. The lowest BCUT2D eigenvalue weighted by molar-refractivity contribution is 0.0313. The molecule has 82 valence electrons. The minimum atomic E-state index is -0.593. The largest absolute Gasteiger partial charge is 0.443 e. The Morgan fingerprint density at radius 3 is 2.80 bits per heavy atom. The number of nitrogens with two attached hydrogens (primary N) is 1. The number of hydrogen-bond donors (Lipinski definition) is 1. The van der Waals surface area contributed by atoms with Gasteiger partial charge in [-0.05, 0) is 20.8 Å². The van der Waals surface area contributed by atoms with E-state index in [1.165, 1.54) is 11.8 Å². The summed E-state index contributed by atoms with van der Waals surface area (Å²) >= 11 is 1.21. The molecule has 1 heterocycles. The molecule has 1 unspecified atom stereocenters. The fraction of sp³-hybridized carbons (Fsp3) is 0.556. The van der Waals surface area contributed by atoms with Crippen molar-refractivity contribution in [3.8, 4) is 6.07 Å². The van der Waals surface area contributed by atoms with E-state index in [0.717, 1.165) is 4.90 Å². The Bertz CT molecular complexity index is 340. The Balaban J connectivity index is 2.76. The predicted molar refractivity (Wildman–Crippen MR) is 57.3 cm³/mol. The minimum absolute atomic E-state index is 0.224. The molecular weight excluding hydrogens is 214 g/mol. The molecule has 0 bridgehead atoms. The Kier molecular flexibility index (Phi) is 3.27. The zero-order valence-corrected chi connectivity index (χ0v) is 9.67. The van der Waals surface area contributed by atoms with Gasteiger partial charge >= 0.3 is 6.09 Å². The van der Waals surface area contributed by atoms with Crippen molar-refractivity contribution in [2.75, 3.05) is 0 Å². The molecule has 0 saturated carbocycles. The Morgan fingerprint density at radius 1 is 1.73 bits per heavy atom. The molecule has 1 aliphatic rings. The highest BCUT2D eigenvalue weighted by Gasteiger charge is 2.33. The quantitative estimate of drug-likeness (QED) is 0.679. The molecule has 0 aliphatic carbocycles. The monoisotopic (exact) mass is 227 g/mol. The topological polar surface area (TPSA) is 79.3 Å². The fourth-order valence-electron chi connectivity index (χ4n) is 0.982. The number of carbonyl (C=O) groups excluding carboxylic acids is 1. The highest BCUT2D eigenvalue weighted by molar-refractivity contribution is 8.02. The molecule has 0 spiro atoms. The van der Waals surface area contributed by atoms with Gasteiger partial charge in [-0.15, -0.1) is 0 Å². The lowest BCUT2D eigenvalue weighted by Gasteiger charge is -2.26. The smallest absolute Gasteiger partial charge is 0.417 e. The van der Waals surface area contributed by atoms with E-state index in [1.54, 1.807) is 26.2 Å². The molecule has 0 aromatic rings. The molecule has 1 aliphatic heterocycles. The maximum Gasteiger partial charge on any atom is 0.417 e. The summed E-state index contributed by atoms with van der Waals surface area (Å²) in [6.07, 6.45) is -0.590. The van der Waals surface area contributed by atoms with E-state index < -0.39 is 17.2 Å². The van der Waals surface area contributed by atoms with Crippen LogP contribution in [0.15, 0.2) is 11.1 Å². The molecule has 0 aromatic heterocycles. The van der Waals surface area contributed by atoms with Crippen LogP contribution in [0, 0.1) is 11.3 Å². The zero-order valence-electron chi connectivity index (χ0n) is 8.85. The van der Waals surface area contributed by atoms with Gasteiger partial charge in [0.1, 0.15) is 22.9 Å². The van der Waals surface area contributed by atoms with E-state index >= 15 is 0 Å². The van der Waals surface area contributed by atoms with Crippen molar-refractivity contribution in [1.29, 1.82) is 5.26 Å². The SMILES string of the molecule is CC(C)(C)OC(=O)N1C(C#N)=CSC1N. The van der Waals surface area contributed by atoms with Gasteiger partial charge in [-0.25, -0.2) is 9.69 Å². The Hall–Kier alpha value is -1.19. The van der Waals surface area contributed by atoms with Crippen molar-refractivity contribution in [3.63, 3.8) is 0 Å². The lowest BCUT2D eigenvalue weighted by Crippen LogP contribution is -2.42. The first kappa shape index (κ1) is 11.9. The number of nitriles is 1. The number of allylic oxidation sites excluding steroid dienone is 1. The Morgan fingerprint density at radius 2 is 2.33 bits per heavy atom. The van der Waals surface area contributed by atoms with E-state index in [9.17, 15) is 4.79 Å². The van der Waals surface area contributed by atoms with Crippen LogP contribution in [0.3, 0.4) is 0 Å². The van der Waals surface area contributed by atoms with E-state index in [2.05, 4.69) is 0 Å². The first-order valence-electron chi connectivity index (χ1n) is 4.38. The molecule has 1 atom stereocenters. The van der Waals surface area contributed by atoms with Crippen LogP contribution < -0.4 is 5.73 Å². The summed E-state index contributed by atoms with van der Waals surface area (Å²) in [6, 6.07) is 1.90. The van der Waals surface area contributed by atoms with Crippen molar-refractivity contribution >= 4 is 17.9 Å². The number of amides is 1. The predicted octanol–water partition coefficient (Wildman–Crippen LogP) is 1.58. The highest BCUT2D eigenvalue weighted by atomic mass is 32.2. The second-order valence-corrected chi connectivity index (χ2v) is 4.98. The van der Waals surface area contributed by atoms with Crippen LogP contribution in [0.4, 0.5) is 4.79 Å². The summed E-state index contributed by atoms with van der Waals surface area (Å²) in [6.45, 7) is 5.28. The van der Waals surface area contributed by atoms with Crippen LogP contribution in [0.5, 0.6) is 0 Å². The van der Waals surface area contributed by atoms with Crippen molar-refractivity contribution < 1.29 is 9.53 Å². The van der Waals surface area contributed by atoms with E-state index in [1.807, 2.05) is 6.07 Å². The van der Waals surface area contributed by atoms with E-state index in [-0.39, 0.29) is 5.70 Å². The summed E-state index contributed by atoms with van der Waals surface area (Å²) in [4.78, 5) is 12.8. The summed E-state index contributed by atoms with van der Waals surface area (Å²) < 4.78 is 5.13. The highest BCUT2D eigenvalue weighted by Crippen LogP contribution is 2.28. The normalized spacial score (nSPS) is 20.9. The van der Waals surface area contributed by atoms with Crippen LogP contribution in [-0.4, -0.2) is 22.1 Å². The van der Waals surface area contributed by atoms with Gasteiger partial charge < -0.3 is 10.5 Å². The number of nitrogens with zero attached hydrogens (tertiary/aromatic N) is 2. The number of thioether (sulfide) groups is 1. The molecule has 6 heteroatoms. The van der Waals surface area contributed by atoms with Gasteiger partial charge in [0.05, 0.1) is 0 Å². The molecule has 0 aromatic carbocycles. The van der Waals surface area contributed by atoms with Crippen LogP contribution in [0.1, 0.15) is 20.8 Å². The van der Waals surface area contributed by atoms with Gasteiger partial charge in [-0.3, -0.25) is 0 Å². The maximum absolute atomic E-state index is 11.7. The number of ether oxygens (including phenoxy) is 1. The number of rotatable bonds is 0. The van der Waals surface area contributed by atoms with E-state index in [4.69, 9.17) is 15.7 Å². The third-order valence-electron chi connectivity index (χ3n) is 1.54. The number of carbonyl (C=O) groups is 1. The van der Waals surface area contributed by atoms with Crippen molar-refractivity contribution in [2.45, 2.75) is 31.9 Å². The van der Waals surface area contributed by atoms with Crippen molar-refractivity contribution in [1.82, 2.24) is 4.90 Å². The van der Waals surface area contributed by atoms with Crippen molar-refractivity contribution in [2.24, 2.45) is 5.73 Å². The standard InChI is InChI=1S/C9H13N3O2S/c1-9(2,3)14-8(13)12-6(4-10)5-15-7(12)11/h5,7H,11H2,1-3H3. The molecule has 0 radical (unpaired) electrons. The summed E-state index contributed by atoms with van der Waals surface area (Å²) in [5.41, 5.74) is 4.71. The average Bonchev–Trinajstić information content (AvgIpc) is 2.43. The fourth-order valence-corrected chi connectivity index (χ4v) is 1.74. The first-order chi connectivity index (χ1) is 6.85. The lowest BCUT2D eigenvalue weighted by atomic mass is 10.2. The summed E-state index contributed by atoms with van der Waals surface area (Å²) in [7, 11) is 0. The van der Waals surface area contributed by atoms with Crippen molar-refractivity contribution in [3.05, 3.63) is 11.1 Å².